The molecule has 0 radical (unpaired) electrons. The van der Waals surface area contributed by atoms with Crippen LogP contribution in [0, 0.1) is 0 Å². The molecule has 0 N–H and O–H groups in total. The number of hydrogen-bond donors (Lipinski definition) is 0. The van der Waals surface area contributed by atoms with Gasteiger partial charge in [0.25, 0.3) is 0 Å². The van der Waals surface area contributed by atoms with E-state index in [0.29, 0.717) is 0 Å². The van der Waals surface area contributed by atoms with Crippen LogP contribution < -0.4 is 4.90 Å². The van der Waals surface area contributed by atoms with Gasteiger partial charge in [0.05, 0.1) is 11.1 Å². The van der Waals surface area contributed by atoms with Gasteiger partial charge in [0.2, 0.25) is 0 Å². The van der Waals surface area contributed by atoms with E-state index in [1.165, 1.54) is 66.4 Å². The Morgan fingerprint density at radius 1 is 0.343 bits per heavy atom. The number of furan rings is 1. The van der Waals surface area contributed by atoms with E-state index in [1.807, 2.05) is 6.07 Å². The molecule has 1 aliphatic rings. The first kappa shape index (κ1) is 38.7. The second kappa shape index (κ2) is 15.8. The van der Waals surface area contributed by atoms with E-state index in [9.17, 15) is 0 Å². The predicted molar refractivity (Wildman–Crippen MR) is 280 cm³/mol. The molecule has 0 unspecified atom stereocenters. The number of rotatable bonds is 8. The van der Waals surface area contributed by atoms with Crippen molar-refractivity contribution in [3.8, 4) is 44.5 Å². The minimum absolute atomic E-state index is 0.647. The molecule has 11 aromatic carbocycles. The molecule has 0 atom stereocenters. The summed E-state index contributed by atoms with van der Waals surface area (Å²) < 4.78 is 6.55. The summed E-state index contributed by atoms with van der Waals surface area (Å²) in [5, 5.41) is 4.67. The van der Waals surface area contributed by atoms with Crippen LogP contribution in [-0.2, 0) is 5.41 Å². The SMILES string of the molecule is c1ccc(-c2ccc(N(c3ccc(-c4cccc5c4oc4ccccc45)cc3)c3cc4ccccc4c4c3-c3ccc(-c5ccccc5)cc3C4(c3ccccc3)c3ccccc3)cc2)cc1. The summed E-state index contributed by atoms with van der Waals surface area (Å²) in [6.07, 6.45) is 0. The minimum Gasteiger partial charge on any atom is -0.455 e. The highest BCUT2D eigenvalue weighted by molar-refractivity contribution is 6.10. The van der Waals surface area contributed by atoms with Crippen molar-refractivity contribution >= 4 is 49.8 Å². The van der Waals surface area contributed by atoms with E-state index >= 15 is 0 Å². The third-order valence-electron chi connectivity index (χ3n) is 13.9. The smallest absolute Gasteiger partial charge is 0.143 e. The van der Waals surface area contributed by atoms with Gasteiger partial charge in [-0.05, 0) is 109 Å². The number of nitrogens with zero attached hydrogens (tertiary/aromatic N) is 1. The fourth-order valence-corrected chi connectivity index (χ4v) is 11.0. The van der Waals surface area contributed by atoms with Crippen molar-refractivity contribution in [3.63, 3.8) is 0 Å². The Morgan fingerprint density at radius 2 is 0.851 bits per heavy atom. The van der Waals surface area contributed by atoms with Crippen molar-refractivity contribution in [2.75, 3.05) is 4.90 Å². The fraction of sp³-hybridized carbons (Fsp3) is 0.0154. The molecule has 2 heteroatoms. The summed E-state index contributed by atoms with van der Waals surface area (Å²) in [5.41, 5.74) is 18.8. The monoisotopic (exact) mass is 853 g/mol. The first-order chi connectivity index (χ1) is 33.2. The molecule has 0 fully saturated rings. The van der Waals surface area contributed by atoms with Crippen LogP contribution in [0.1, 0.15) is 22.3 Å². The standard InChI is InChI=1S/C65H43NO/c1-5-18-44(19-6-1)46-32-37-52(38-33-46)66(53-39-34-47(35-40-53)55-29-17-30-57-56-28-15-16-31-61(56)67-64(55)57)60-43-49-22-13-14-27-54(49)63-62(60)58-41-36-48(45-20-7-2-8-21-45)42-59(58)65(63,50-23-9-3-10-24-50)51-25-11-4-12-26-51/h1-43H. The van der Waals surface area contributed by atoms with E-state index in [1.54, 1.807) is 0 Å². The van der Waals surface area contributed by atoms with E-state index in [0.717, 1.165) is 50.1 Å². The predicted octanol–water partition coefficient (Wildman–Crippen LogP) is 17.6. The van der Waals surface area contributed by atoms with Crippen LogP contribution >= 0.6 is 0 Å². The molecular formula is C65H43NO. The summed E-state index contributed by atoms with van der Waals surface area (Å²) in [6.45, 7) is 0. The van der Waals surface area contributed by atoms with Crippen LogP contribution in [0.3, 0.4) is 0 Å². The zero-order chi connectivity index (χ0) is 44.3. The van der Waals surface area contributed by atoms with Gasteiger partial charge in [-0.3, -0.25) is 0 Å². The van der Waals surface area contributed by atoms with Crippen molar-refractivity contribution in [2.24, 2.45) is 0 Å². The van der Waals surface area contributed by atoms with Gasteiger partial charge in [-0.25, -0.2) is 0 Å². The van der Waals surface area contributed by atoms with Crippen molar-refractivity contribution in [1.82, 2.24) is 0 Å². The first-order valence-corrected chi connectivity index (χ1v) is 23.1. The van der Waals surface area contributed by atoms with Crippen LogP contribution in [-0.4, -0.2) is 0 Å². The Hall–Kier alpha value is -8.72. The first-order valence-electron chi connectivity index (χ1n) is 23.1. The summed E-state index contributed by atoms with van der Waals surface area (Å²) in [4.78, 5) is 2.48. The van der Waals surface area contributed by atoms with Crippen LogP contribution in [0.25, 0.3) is 77.2 Å². The highest BCUT2D eigenvalue weighted by Crippen LogP contribution is 2.62. The van der Waals surface area contributed by atoms with Gasteiger partial charge in [-0.2, -0.15) is 0 Å². The Labute approximate surface area is 390 Å². The Balaban J connectivity index is 1.10. The van der Waals surface area contributed by atoms with E-state index in [-0.39, 0.29) is 0 Å². The lowest BCUT2D eigenvalue weighted by Crippen LogP contribution is -2.29. The number of hydrogen-bond acceptors (Lipinski definition) is 2. The second-order valence-corrected chi connectivity index (χ2v) is 17.6. The molecule has 1 heterocycles. The van der Waals surface area contributed by atoms with Gasteiger partial charge in [0.1, 0.15) is 11.2 Å². The fourth-order valence-electron chi connectivity index (χ4n) is 11.0. The molecule has 67 heavy (non-hydrogen) atoms. The maximum atomic E-state index is 6.55. The second-order valence-electron chi connectivity index (χ2n) is 17.6. The lowest BCUT2D eigenvalue weighted by molar-refractivity contribution is 0.670. The van der Waals surface area contributed by atoms with Crippen molar-refractivity contribution < 1.29 is 4.42 Å². The molecular weight excluding hydrogens is 811 g/mol. The summed E-state index contributed by atoms with van der Waals surface area (Å²) in [5.74, 6) is 0. The third kappa shape index (κ3) is 6.18. The average molecular weight is 854 g/mol. The normalized spacial score (nSPS) is 12.6. The van der Waals surface area contributed by atoms with Crippen molar-refractivity contribution in [3.05, 3.63) is 283 Å². The summed E-state index contributed by atoms with van der Waals surface area (Å²) >= 11 is 0. The van der Waals surface area contributed by atoms with E-state index in [2.05, 4.69) is 260 Å². The van der Waals surface area contributed by atoms with Gasteiger partial charge in [-0.1, -0.05) is 218 Å². The quantitative estimate of drug-likeness (QED) is 0.151. The molecule has 2 nitrogen and oxygen atoms in total. The molecule has 13 rings (SSSR count). The van der Waals surface area contributed by atoms with Crippen molar-refractivity contribution in [1.29, 1.82) is 0 Å². The van der Waals surface area contributed by atoms with E-state index < -0.39 is 5.41 Å². The zero-order valence-electron chi connectivity index (χ0n) is 36.7. The Bertz CT molecular complexity index is 3720. The highest BCUT2D eigenvalue weighted by Gasteiger charge is 2.49. The molecule has 0 amide bonds. The Morgan fingerprint density at radius 3 is 1.51 bits per heavy atom. The van der Waals surface area contributed by atoms with Crippen LogP contribution in [0.2, 0.25) is 0 Å². The maximum Gasteiger partial charge on any atom is 0.143 e. The lowest BCUT2D eigenvalue weighted by atomic mass is 9.66. The van der Waals surface area contributed by atoms with Gasteiger partial charge in [0.15, 0.2) is 0 Å². The topological polar surface area (TPSA) is 16.4 Å². The van der Waals surface area contributed by atoms with Crippen LogP contribution in [0.4, 0.5) is 17.1 Å². The number of anilines is 3. The van der Waals surface area contributed by atoms with Gasteiger partial charge < -0.3 is 9.32 Å². The van der Waals surface area contributed by atoms with Gasteiger partial charge in [0, 0.05) is 33.3 Å². The number of fused-ring (bicyclic) bond motifs is 8. The average Bonchev–Trinajstić information content (AvgIpc) is 3.95. The molecule has 0 spiro atoms. The number of para-hydroxylation sites is 2. The van der Waals surface area contributed by atoms with Crippen molar-refractivity contribution in [2.45, 2.75) is 5.41 Å². The largest absolute Gasteiger partial charge is 0.455 e. The molecule has 1 aromatic heterocycles. The van der Waals surface area contributed by atoms with Crippen LogP contribution in [0.15, 0.2) is 265 Å². The van der Waals surface area contributed by atoms with Gasteiger partial charge >= 0.3 is 0 Å². The molecule has 12 aromatic rings. The minimum atomic E-state index is -0.647. The highest BCUT2D eigenvalue weighted by atomic mass is 16.3. The Kier molecular flexibility index (Phi) is 9.11. The zero-order valence-corrected chi connectivity index (χ0v) is 36.7. The summed E-state index contributed by atoms with van der Waals surface area (Å²) in [7, 11) is 0. The van der Waals surface area contributed by atoms with Crippen LogP contribution in [0.5, 0.6) is 0 Å². The molecule has 0 saturated heterocycles. The third-order valence-corrected chi connectivity index (χ3v) is 13.9. The molecule has 0 aliphatic heterocycles. The van der Waals surface area contributed by atoms with E-state index in [4.69, 9.17) is 4.42 Å². The maximum absolute atomic E-state index is 6.55. The van der Waals surface area contributed by atoms with Gasteiger partial charge in [-0.15, -0.1) is 0 Å². The lowest BCUT2D eigenvalue weighted by Gasteiger charge is -2.35. The molecule has 314 valence electrons. The molecule has 0 bridgehead atoms. The number of benzene rings is 11. The molecule has 1 aliphatic carbocycles. The molecule has 0 saturated carbocycles. The summed E-state index contributed by atoms with van der Waals surface area (Å²) in [6, 6.07) is 95.2.